The Bertz CT molecular complexity index is 737. The Balaban J connectivity index is 2.29. The molecule has 2 heterocycles. The van der Waals surface area contributed by atoms with Gasteiger partial charge in [0.05, 0.1) is 21.9 Å². The second kappa shape index (κ2) is 4.26. The van der Waals surface area contributed by atoms with E-state index in [2.05, 4.69) is 4.98 Å². The maximum atomic E-state index is 13.0. The highest BCUT2D eigenvalue weighted by Crippen LogP contribution is 2.30. The molecule has 0 N–H and O–H groups in total. The van der Waals surface area contributed by atoms with E-state index in [9.17, 15) is 4.39 Å². The molecule has 2 nitrogen and oxygen atoms in total. The van der Waals surface area contributed by atoms with Crippen molar-refractivity contribution in [1.29, 1.82) is 0 Å². The number of imidazole rings is 1. The van der Waals surface area contributed by atoms with Crippen LogP contribution in [-0.4, -0.2) is 9.38 Å². The second-order valence-electron chi connectivity index (χ2n) is 3.82. The van der Waals surface area contributed by atoms with E-state index in [1.807, 2.05) is 16.7 Å². The predicted octanol–water partition coefficient (Wildman–Crippen LogP) is 4.45. The standard InChI is InChI=1S/C13H7Cl2FN2/c14-10-2-1-5-18-12(7-17-13(10)18)9-4-3-8(16)6-11(9)15/h1-7H. The van der Waals surface area contributed by atoms with Crippen LogP contribution in [0.4, 0.5) is 4.39 Å². The summed E-state index contributed by atoms with van der Waals surface area (Å²) in [6.07, 6.45) is 3.50. The lowest BCUT2D eigenvalue weighted by Crippen LogP contribution is -1.89. The SMILES string of the molecule is Fc1ccc(-c2cnc3c(Cl)cccn23)c(Cl)c1. The van der Waals surface area contributed by atoms with Crippen molar-refractivity contribution < 1.29 is 4.39 Å². The molecule has 0 unspecified atom stereocenters. The van der Waals surface area contributed by atoms with Crippen LogP contribution < -0.4 is 0 Å². The van der Waals surface area contributed by atoms with Crippen molar-refractivity contribution in [3.05, 3.63) is 58.6 Å². The van der Waals surface area contributed by atoms with Gasteiger partial charge >= 0.3 is 0 Å². The smallest absolute Gasteiger partial charge is 0.156 e. The molecule has 3 rings (SSSR count). The summed E-state index contributed by atoms with van der Waals surface area (Å²) in [5.41, 5.74) is 2.14. The fourth-order valence-electron chi connectivity index (χ4n) is 1.87. The van der Waals surface area contributed by atoms with Gasteiger partial charge in [0.2, 0.25) is 0 Å². The first kappa shape index (κ1) is 11.5. The first-order chi connectivity index (χ1) is 8.66. The van der Waals surface area contributed by atoms with Gasteiger partial charge in [-0.1, -0.05) is 23.2 Å². The number of fused-ring (bicyclic) bond motifs is 1. The summed E-state index contributed by atoms with van der Waals surface area (Å²) in [6.45, 7) is 0. The number of pyridine rings is 1. The van der Waals surface area contributed by atoms with Crippen LogP contribution >= 0.6 is 23.2 Å². The largest absolute Gasteiger partial charge is 0.298 e. The molecule has 0 aliphatic rings. The lowest BCUT2D eigenvalue weighted by Gasteiger charge is -2.04. The second-order valence-corrected chi connectivity index (χ2v) is 4.63. The monoisotopic (exact) mass is 280 g/mol. The first-order valence-electron chi connectivity index (χ1n) is 5.24. The summed E-state index contributed by atoms with van der Waals surface area (Å²) in [4.78, 5) is 4.24. The molecule has 0 saturated carbocycles. The minimum absolute atomic E-state index is 0.344. The van der Waals surface area contributed by atoms with Crippen LogP contribution in [0.25, 0.3) is 16.9 Å². The van der Waals surface area contributed by atoms with E-state index in [4.69, 9.17) is 23.2 Å². The molecule has 2 aromatic heterocycles. The highest BCUT2D eigenvalue weighted by Gasteiger charge is 2.11. The molecule has 0 atom stereocenters. The molecular weight excluding hydrogens is 274 g/mol. The van der Waals surface area contributed by atoms with Crippen LogP contribution in [0.3, 0.4) is 0 Å². The summed E-state index contributed by atoms with van der Waals surface area (Å²) < 4.78 is 14.9. The van der Waals surface area contributed by atoms with E-state index in [-0.39, 0.29) is 5.82 Å². The van der Waals surface area contributed by atoms with Gasteiger partial charge in [-0.25, -0.2) is 9.37 Å². The van der Waals surface area contributed by atoms with Gasteiger partial charge in [-0.15, -0.1) is 0 Å². The lowest BCUT2D eigenvalue weighted by atomic mass is 10.1. The summed E-state index contributed by atoms with van der Waals surface area (Å²) in [5, 5.41) is 0.902. The molecule has 0 spiro atoms. The Morgan fingerprint density at radius 3 is 2.72 bits per heavy atom. The lowest BCUT2D eigenvalue weighted by molar-refractivity contribution is 0.628. The Labute approximate surface area is 113 Å². The van der Waals surface area contributed by atoms with Crippen LogP contribution in [0.1, 0.15) is 0 Å². The summed E-state index contributed by atoms with van der Waals surface area (Å²) in [7, 11) is 0. The van der Waals surface area contributed by atoms with Gasteiger partial charge in [0.1, 0.15) is 5.82 Å². The quantitative estimate of drug-likeness (QED) is 0.644. The Hall–Kier alpha value is -1.58. The molecule has 0 radical (unpaired) electrons. The van der Waals surface area contributed by atoms with E-state index in [1.165, 1.54) is 12.1 Å². The molecule has 0 saturated heterocycles. The summed E-state index contributed by atoms with van der Waals surface area (Å²) in [5.74, 6) is -0.365. The molecule has 1 aromatic carbocycles. The molecule has 0 fully saturated rings. The van der Waals surface area contributed by atoms with Crippen molar-refractivity contribution in [3.8, 4) is 11.3 Å². The Kier molecular flexibility index (Phi) is 2.73. The Morgan fingerprint density at radius 1 is 1.11 bits per heavy atom. The van der Waals surface area contributed by atoms with Gasteiger partial charge in [0.25, 0.3) is 0 Å². The molecule has 5 heteroatoms. The van der Waals surface area contributed by atoms with Crippen molar-refractivity contribution >= 4 is 28.8 Å². The maximum absolute atomic E-state index is 13.0. The minimum Gasteiger partial charge on any atom is -0.298 e. The van der Waals surface area contributed by atoms with Crippen LogP contribution in [-0.2, 0) is 0 Å². The van der Waals surface area contributed by atoms with Gasteiger partial charge in [-0.05, 0) is 30.3 Å². The third-order valence-electron chi connectivity index (χ3n) is 2.70. The van der Waals surface area contributed by atoms with E-state index >= 15 is 0 Å². The van der Waals surface area contributed by atoms with Gasteiger partial charge in [-0.2, -0.15) is 0 Å². The van der Waals surface area contributed by atoms with Gasteiger partial charge in [0, 0.05) is 11.8 Å². The van der Waals surface area contributed by atoms with Crippen LogP contribution in [0.15, 0.2) is 42.7 Å². The molecule has 3 aromatic rings. The van der Waals surface area contributed by atoms with Gasteiger partial charge in [0.15, 0.2) is 5.65 Å². The number of halogens is 3. The van der Waals surface area contributed by atoms with Crippen molar-refractivity contribution in [2.45, 2.75) is 0 Å². The average Bonchev–Trinajstić information content (AvgIpc) is 2.74. The first-order valence-corrected chi connectivity index (χ1v) is 5.99. The number of benzene rings is 1. The molecule has 0 aliphatic carbocycles. The molecule has 0 bridgehead atoms. The third-order valence-corrected chi connectivity index (χ3v) is 3.30. The van der Waals surface area contributed by atoms with Gasteiger partial charge < -0.3 is 0 Å². The molecular formula is C13H7Cl2FN2. The fraction of sp³-hybridized carbons (Fsp3) is 0. The van der Waals surface area contributed by atoms with Crippen LogP contribution in [0.2, 0.25) is 10.0 Å². The zero-order valence-electron chi connectivity index (χ0n) is 9.07. The highest BCUT2D eigenvalue weighted by molar-refractivity contribution is 6.34. The number of rotatable bonds is 1. The summed E-state index contributed by atoms with van der Waals surface area (Å²) >= 11 is 12.1. The van der Waals surface area contributed by atoms with E-state index in [0.29, 0.717) is 21.3 Å². The number of aromatic nitrogens is 2. The maximum Gasteiger partial charge on any atom is 0.156 e. The number of hydrogen-bond donors (Lipinski definition) is 0. The van der Waals surface area contributed by atoms with Crippen LogP contribution in [0, 0.1) is 5.82 Å². The highest BCUT2D eigenvalue weighted by atomic mass is 35.5. The molecule has 0 amide bonds. The van der Waals surface area contributed by atoms with Crippen LogP contribution in [0.5, 0.6) is 0 Å². The third kappa shape index (κ3) is 1.76. The van der Waals surface area contributed by atoms with Crippen molar-refractivity contribution in [1.82, 2.24) is 9.38 Å². The van der Waals surface area contributed by atoms with Crippen molar-refractivity contribution in [3.63, 3.8) is 0 Å². The Morgan fingerprint density at radius 2 is 1.94 bits per heavy atom. The fourth-order valence-corrected chi connectivity index (χ4v) is 2.35. The zero-order valence-corrected chi connectivity index (χ0v) is 10.6. The topological polar surface area (TPSA) is 17.3 Å². The average molecular weight is 281 g/mol. The van der Waals surface area contributed by atoms with E-state index in [0.717, 1.165) is 5.69 Å². The number of nitrogens with zero attached hydrogens (tertiary/aromatic N) is 2. The molecule has 0 aliphatic heterocycles. The summed E-state index contributed by atoms with van der Waals surface area (Å²) in [6, 6.07) is 7.85. The predicted molar refractivity (Wildman–Crippen MR) is 70.6 cm³/mol. The van der Waals surface area contributed by atoms with Crippen molar-refractivity contribution in [2.24, 2.45) is 0 Å². The minimum atomic E-state index is -0.365. The molecule has 90 valence electrons. The van der Waals surface area contributed by atoms with E-state index in [1.54, 1.807) is 18.3 Å². The van der Waals surface area contributed by atoms with E-state index < -0.39 is 0 Å². The molecule has 18 heavy (non-hydrogen) atoms. The zero-order chi connectivity index (χ0) is 12.7. The van der Waals surface area contributed by atoms with Gasteiger partial charge in [-0.3, -0.25) is 4.40 Å². The van der Waals surface area contributed by atoms with Crippen molar-refractivity contribution in [2.75, 3.05) is 0 Å². The normalized spacial score (nSPS) is 11.1. The number of hydrogen-bond acceptors (Lipinski definition) is 1.